The Bertz CT molecular complexity index is 1370. The Kier molecular flexibility index (Phi) is 4.32. The molecule has 1 saturated heterocycles. The van der Waals surface area contributed by atoms with Gasteiger partial charge in [0, 0.05) is 61.0 Å². The van der Waals surface area contributed by atoms with Crippen molar-refractivity contribution >= 4 is 11.3 Å². The molecule has 1 saturated carbocycles. The Balaban J connectivity index is 1.36. The first-order valence-electron chi connectivity index (χ1n) is 11.3. The van der Waals surface area contributed by atoms with E-state index >= 15 is 0 Å². The van der Waals surface area contributed by atoms with E-state index < -0.39 is 0 Å². The maximum Gasteiger partial charge on any atom is 0.128 e. The number of aryl methyl sites for hydroxylation is 1. The molecule has 1 unspecified atom stereocenters. The number of fused-ring (bicyclic) bond motifs is 2. The third-order valence-corrected chi connectivity index (χ3v) is 7.16. The Morgan fingerprint density at radius 3 is 2.55 bits per heavy atom. The van der Waals surface area contributed by atoms with Crippen molar-refractivity contribution in [3.8, 4) is 28.5 Å². The van der Waals surface area contributed by atoms with Crippen molar-refractivity contribution in [3.63, 3.8) is 0 Å². The van der Waals surface area contributed by atoms with Crippen LogP contribution < -0.4 is 10.6 Å². The minimum absolute atomic E-state index is 0.0214. The molecule has 4 aromatic heterocycles. The number of anilines is 1. The summed E-state index contributed by atoms with van der Waals surface area (Å²) in [6.07, 6.45) is 9.51. The van der Waals surface area contributed by atoms with E-state index in [0.29, 0.717) is 17.4 Å². The minimum atomic E-state index is -0.0214. The maximum absolute atomic E-state index is 9.64. The number of hydrogen-bond acceptors (Lipinski definition) is 6. The molecule has 6 rings (SSSR count). The fraction of sp³-hybridized carbons (Fsp3) is 0.360. The van der Waals surface area contributed by atoms with Gasteiger partial charge in [0.25, 0.3) is 0 Å². The molecule has 2 N–H and O–H groups in total. The van der Waals surface area contributed by atoms with Gasteiger partial charge in [0.2, 0.25) is 0 Å². The molecule has 3 atom stereocenters. The van der Waals surface area contributed by atoms with Gasteiger partial charge in [-0.25, -0.2) is 9.50 Å². The number of rotatable bonds is 3. The second-order valence-corrected chi connectivity index (χ2v) is 9.87. The summed E-state index contributed by atoms with van der Waals surface area (Å²) in [6, 6.07) is 10.5. The van der Waals surface area contributed by atoms with Gasteiger partial charge in [-0.2, -0.15) is 15.5 Å². The monoisotopic (exact) mass is 438 g/mol. The third-order valence-electron chi connectivity index (χ3n) is 7.16. The van der Waals surface area contributed by atoms with Crippen LogP contribution in [-0.2, 0) is 7.05 Å². The van der Waals surface area contributed by atoms with Gasteiger partial charge in [0.15, 0.2) is 0 Å². The predicted molar refractivity (Wildman–Crippen MR) is 126 cm³/mol. The fourth-order valence-corrected chi connectivity index (χ4v) is 5.73. The molecule has 8 heteroatoms. The van der Waals surface area contributed by atoms with E-state index in [9.17, 15) is 5.26 Å². The van der Waals surface area contributed by atoms with Crippen LogP contribution >= 0.6 is 0 Å². The normalized spacial score (nSPS) is 24.4. The summed E-state index contributed by atoms with van der Waals surface area (Å²) in [7, 11) is 1.90. The van der Waals surface area contributed by atoms with Gasteiger partial charge in [-0.1, -0.05) is 0 Å². The van der Waals surface area contributed by atoms with Gasteiger partial charge in [-0.3, -0.25) is 4.68 Å². The largest absolute Gasteiger partial charge is 0.356 e. The summed E-state index contributed by atoms with van der Waals surface area (Å²) in [5.41, 5.74) is 11.3. The van der Waals surface area contributed by atoms with Gasteiger partial charge in [-0.15, -0.1) is 0 Å². The van der Waals surface area contributed by atoms with Crippen LogP contribution in [0.25, 0.3) is 27.9 Å². The predicted octanol–water partition coefficient (Wildman–Crippen LogP) is 3.23. The third kappa shape index (κ3) is 3.36. The van der Waals surface area contributed by atoms with Crippen molar-refractivity contribution in [1.29, 1.82) is 5.26 Å². The average Bonchev–Trinajstić information content (AvgIpc) is 3.55. The molecule has 0 aromatic carbocycles. The number of nitrogens with zero attached hydrogens (tertiary/aromatic N) is 7. The summed E-state index contributed by atoms with van der Waals surface area (Å²) in [5, 5.41) is 18.6. The van der Waals surface area contributed by atoms with E-state index in [1.54, 1.807) is 15.4 Å². The highest BCUT2D eigenvalue weighted by Crippen LogP contribution is 2.43. The second kappa shape index (κ2) is 7.15. The molecule has 1 aliphatic carbocycles. The molecule has 0 amide bonds. The standard InChI is InChI=1S/C25H26N8/c1-25(27)8-18-13-32(14-19(18)9-25)23-4-3-16(11-28-23)21-7-17(22-5-6-31(2)30-22)15-33-24(21)20(10-26)12-29-33/h3-7,11-12,15,18-19H,8-9,13-14,27H2,1-2H3/t18-,19+,25?. The zero-order valence-electron chi connectivity index (χ0n) is 18.8. The number of aromatic nitrogens is 5. The Morgan fingerprint density at radius 1 is 1.12 bits per heavy atom. The zero-order valence-corrected chi connectivity index (χ0v) is 18.8. The summed E-state index contributed by atoms with van der Waals surface area (Å²) < 4.78 is 3.54. The van der Waals surface area contributed by atoms with E-state index in [-0.39, 0.29) is 5.54 Å². The molecule has 5 heterocycles. The van der Waals surface area contributed by atoms with Gasteiger partial charge in [0.05, 0.1) is 23.0 Å². The highest BCUT2D eigenvalue weighted by atomic mass is 15.3. The van der Waals surface area contributed by atoms with Gasteiger partial charge in [-0.05, 0) is 55.9 Å². The summed E-state index contributed by atoms with van der Waals surface area (Å²) in [5.74, 6) is 2.31. The smallest absolute Gasteiger partial charge is 0.128 e. The molecule has 0 spiro atoms. The maximum atomic E-state index is 9.64. The summed E-state index contributed by atoms with van der Waals surface area (Å²) in [4.78, 5) is 7.20. The van der Waals surface area contributed by atoms with Crippen molar-refractivity contribution in [2.45, 2.75) is 25.3 Å². The quantitative estimate of drug-likeness (QED) is 0.527. The highest BCUT2D eigenvalue weighted by molar-refractivity contribution is 5.87. The van der Waals surface area contributed by atoms with Crippen LogP contribution in [0.3, 0.4) is 0 Å². The summed E-state index contributed by atoms with van der Waals surface area (Å²) >= 11 is 0. The molecule has 2 aliphatic rings. The zero-order chi connectivity index (χ0) is 22.7. The van der Waals surface area contributed by atoms with E-state index in [1.165, 1.54) is 0 Å². The van der Waals surface area contributed by atoms with Gasteiger partial charge in [0.1, 0.15) is 11.9 Å². The number of pyridine rings is 2. The lowest BCUT2D eigenvalue weighted by molar-refractivity contribution is 0.449. The van der Waals surface area contributed by atoms with Crippen molar-refractivity contribution in [3.05, 3.63) is 54.6 Å². The number of nitrogens with two attached hydrogens (primary N) is 1. The SMILES string of the molecule is Cn1ccc(-c2cc(-c3ccc(N4C[C@@H]5CC(C)(N)C[C@@H]5C4)nc3)c3c(C#N)cnn3c2)n1. The van der Waals surface area contributed by atoms with Crippen molar-refractivity contribution in [2.75, 3.05) is 18.0 Å². The van der Waals surface area contributed by atoms with Crippen LogP contribution in [0.5, 0.6) is 0 Å². The van der Waals surface area contributed by atoms with E-state index in [1.807, 2.05) is 31.7 Å². The minimum Gasteiger partial charge on any atom is -0.356 e. The molecule has 1 aliphatic heterocycles. The second-order valence-electron chi connectivity index (χ2n) is 9.87. The molecule has 166 valence electrons. The first-order chi connectivity index (χ1) is 15.9. The molecule has 0 radical (unpaired) electrons. The lowest BCUT2D eigenvalue weighted by atomic mass is 10.00. The molecule has 0 bridgehead atoms. The Morgan fingerprint density at radius 2 is 1.91 bits per heavy atom. The van der Waals surface area contributed by atoms with Crippen molar-refractivity contribution in [1.82, 2.24) is 24.4 Å². The van der Waals surface area contributed by atoms with Crippen LogP contribution in [0, 0.1) is 23.2 Å². The molecular formula is C25H26N8. The lowest BCUT2D eigenvalue weighted by Gasteiger charge is -2.23. The van der Waals surface area contributed by atoms with Crippen LogP contribution in [0.4, 0.5) is 5.82 Å². The molecule has 33 heavy (non-hydrogen) atoms. The molecular weight excluding hydrogens is 412 g/mol. The van der Waals surface area contributed by atoms with Crippen LogP contribution in [-0.4, -0.2) is 43.0 Å². The van der Waals surface area contributed by atoms with Crippen LogP contribution in [0.1, 0.15) is 25.3 Å². The van der Waals surface area contributed by atoms with Gasteiger partial charge >= 0.3 is 0 Å². The van der Waals surface area contributed by atoms with Crippen LogP contribution in [0.15, 0.2) is 49.1 Å². The Hall–Kier alpha value is -3.70. The Labute approximate surface area is 192 Å². The molecule has 8 nitrogen and oxygen atoms in total. The highest BCUT2D eigenvalue weighted by Gasteiger charge is 2.45. The number of nitriles is 1. The van der Waals surface area contributed by atoms with E-state index in [0.717, 1.165) is 59.7 Å². The molecule has 4 aromatic rings. The molecule has 2 fully saturated rings. The van der Waals surface area contributed by atoms with Crippen molar-refractivity contribution in [2.24, 2.45) is 24.6 Å². The van der Waals surface area contributed by atoms with E-state index in [4.69, 9.17) is 10.7 Å². The lowest BCUT2D eigenvalue weighted by Crippen LogP contribution is -2.35. The first kappa shape index (κ1) is 19.9. The van der Waals surface area contributed by atoms with Crippen molar-refractivity contribution < 1.29 is 0 Å². The average molecular weight is 439 g/mol. The first-order valence-corrected chi connectivity index (χ1v) is 11.3. The topological polar surface area (TPSA) is 101 Å². The number of hydrogen-bond donors (Lipinski definition) is 1. The summed E-state index contributed by atoms with van der Waals surface area (Å²) in [6.45, 7) is 4.21. The van der Waals surface area contributed by atoms with E-state index in [2.05, 4.69) is 46.3 Å². The van der Waals surface area contributed by atoms with Crippen LogP contribution in [0.2, 0.25) is 0 Å². The fourth-order valence-electron chi connectivity index (χ4n) is 5.73. The van der Waals surface area contributed by atoms with Gasteiger partial charge < -0.3 is 10.6 Å².